The van der Waals surface area contributed by atoms with Crippen molar-refractivity contribution in [2.45, 2.75) is 49.7 Å². The maximum Gasteiger partial charge on any atom is 0.269 e. The Morgan fingerprint density at radius 3 is 1.79 bits per heavy atom. The summed E-state index contributed by atoms with van der Waals surface area (Å²) in [5.41, 5.74) is 11.7. The normalized spacial score (nSPS) is 20.1. The van der Waals surface area contributed by atoms with E-state index in [1.54, 1.807) is 67.6 Å². The van der Waals surface area contributed by atoms with Crippen LogP contribution < -0.4 is 11.5 Å². The Bertz CT molecular complexity index is 2560. The van der Waals surface area contributed by atoms with Crippen LogP contribution in [0.5, 0.6) is 0 Å². The zero-order chi connectivity index (χ0) is 39.8. The SMILES string of the molecule is CN1CC[C@@](O)(C#Cc2ccnc(-n3nc(C(N)=O)c4c3CCCC4)c2)C1=O.CN1CC[C@@](O)(C#Cc2ccnc(-n3nc(C(N)=O)c4ccccc43)c2)C1=O. The molecule has 16 nitrogen and oxygen atoms in total. The van der Waals surface area contributed by atoms with E-state index in [0.717, 1.165) is 36.9 Å². The lowest BCUT2D eigenvalue weighted by Gasteiger charge is -2.14. The van der Waals surface area contributed by atoms with Gasteiger partial charge in [0.2, 0.25) is 11.2 Å². The number of hydrogen-bond acceptors (Lipinski definition) is 10. The van der Waals surface area contributed by atoms with E-state index in [1.807, 2.05) is 12.1 Å². The Morgan fingerprint density at radius 2 is 1.25 bits per heavy atom. The Morgan fingerprint density at radius 1 is 0.732 bits per heavy atom. The summed E-state index contributed by atoms with van der Waals surface area (Å²) in [6.45, 7) is 0.932. The first kappa shape index (κ1) is 37.4. The average molecular weight is 755 g/mol. The molecule has 16 heteroatoms. The van der Waals surface area contributed by atoms with E-state index in [4.69, 9.17) is 11.5 Å². The predicted octanol–water partition coefficient (Wildman–Crippen LogP) is 0.654. The highest BCUT2D eigenvalue weighted by Gasteiger charge is 2.43. The summed E-state index contributed by atoms with van der Waals surface area (Å²) < 4.78 is 3.17. The molecule has 8 rings (SSSR count). The van der Waals surface area contributed by atoms with Crippen molar-refractivity contribution < 1.29 is 29.4 Å². The number of pyridine rings is 2. The number of aromatic nitrogens is 6. The van der Waals surface area contributed by atoms with Crippen LogP contribution in [0.2, 0.25) is 0 Å². The van der Waals surface area contributed by atoms with Gasteiger partial charge in [0, 0.05) is 74.5 Å². The number of nitrogens with zero attached hydrogens (tertiary/aromatic N) is 8. The van der Waals surface area contributed by atoms with E-state index in [9.17, 15) is 29.4 Å². The molecule has 1 aliphatic carbocycles. The summed E-state index contributed by atoms with van der Waals surface area (Å²) in [5, 5.41) is 30.2. The minimum absolute atomic E-state index is 0.155. The molecule has 6 N–H and O–H groups in total. The minimum atomic E-state index is -1.67. The van der Waals surface area contributed by atoms with Crippen LogP contribution in [0, 0.1) is 23.7 Å². The largest absolute Gasteiger partial charge is 0.369 e. The number of carbonyl (C=O) groups excluding carboxylic acids is 4. The van der Waals surface area contributed by atoms with Crippen LogP contribution in [0.15, 0.2) is 60.9 Å². The fraction of sp³-hybridized carbons (Fsp3) is 0.300. The lowest BCUT2D eigenvalue weighted by molar-refractivity contribution is -0.138. The van der Waals surface area contributed by atoms with Crippen LogP contribution in [0.1, 0.15) is 69.0 Å². The second kappa shape index (κ2) is 14.7. The van der Waals surface area contributed by atoms with E-state index >= 15 is 0 Å². The minimum Gasteiger partial charge on any atom is -0.369 e. The molecule has 2 aliphatic heterocycles. The molecule has 2 fully saturated rings. The van der Waals surface area contributed by atoms with Crippen molar-refractivity contribution in [1.82, 2.24) is 39.3 Å². The number of hydrogen-bond donors (Lipinski definition) is 4. The molecule has 0 saturated carbocycles. The van der Waals surface area contributed by atoms with Crippen LogP contribution in [0.4, 0.5) is 0 Å². The van der Waals surface area contributed by atoms with Gasteiger partial charge in [0.25, 0.3) is 23.6 Å². The van der Waals surface area contributed by atoms with Gasteiger partial charge >= 0.3 is 0 Å². The molecule has 5 aromatic rings. The van der Waals surface area contributed by atoms with Gasteiger partial charge in [0.05, 0.1) is 11.2 Å². The summed E-state index contributed by atoms with van der Waals surface area (Å²) in [6, 6.07) is 14.0. The molecule has 3 aliphatic rings. The number of primary amides is 2. The molecule has 4 amide bonds. The van der Waals surface area contributed by atoms with Crippen molar-refractivity contribution in [3.63, 3.8) is 0 Å². The third-order valence-electron chi connectivity index (χ3n) is 10.0. The van der Waals surface area contributed by atoms with Crippen molar-refractivity contribution in [3.8, 4) is 35.3 Å². The van der Waals surface area contributed by atoms with Crippen LogP contribution >= 0.6 is 0 Å². The summed E-state index contributed by atoms with van der Waals surface area (Å²) in [7, 11) is 3.27. The zero-order valence-corrected chi connectivity index (χ0v) is 30.7. The lowest BCUT2D eigenvalue weighted by atomic mass is 9.95. The molecule has 2 saturated heterocycles. The Kier molecular flexibility index (Phi) is 9.86. The molecule has 0 bridgehead atoms. The number of rotatable bonds is 4. The van der Waals surface area contributed by atoms with Gasteiger partial charge in [0.15, 0.2) is 23.0 Å². The summed E-state index contributed by atoms with van der Waals surface area (Å²) >= 11 is 0. The standard InChI is InChI=1S/C20H21N5O3.C20H17N5O3/c2*1-24-11-9-20(28,19(24)27)8-6-13-7-10-22-16(12-13)25-15-5-3-2-4-14(15)17(23-25)18(21)26/h7,10,12,28H,2-5,9,11H2,1H3,(H2,21,26);2-5,7,10,12,28H,9,11H2,1H3,(H2,21,26)/t2*20-/m00/s1. The van der Waals surface area contributed by atoms with Crippen LogP contribution in [0.3, 0.4) is 0 Å². The second-order valence-electron chi connectivity index (χ2n) is 13.9. The van der Waals surface area contributed by atoms with Crippen molar-refractivity contribution in [2.24, 2.45) is 11.5 Å². The quantitative estimate of drug-likeness (QED) is 0.187. The van der Waals surface area contributed by atoms with Gasteiger partial charge < -0.3 is 31.5 Å². The smallest absolute Gasteiger partial charge is 0.269 e. The number of carbonyl (C=O) groups is 4. The van der Waals surface area contributed by atoms with Gasteiger partial charge in [0.1, 0.15) is 0 Å². The van der Waals surface area contributed by atoms with E-state index in [1.165, 1.54) is 14.5 Å². The Labute approximate surface area is 321 Å². The van der Waals surface area contributed by atoms with Gasteiger partial charge in [-0.25, -0.2) is 19.3 Å². The number of likely N-dealkylation sites (tertiary alicyclic amines) is 2. The number of para-hydroxylation sites is 1. The fourth-order valence-corrected chi connectivity index (χ4v) is 6.92. The highest BCUT2D eigenvalue weighted by Crippen LogP contribution is 2.27. The lowest BCUT2D eigenvalue weighted by Crippen LogP contribution is -2.37. The maximum absolute atomic E-state index is 12.1. The number of likely N-dealkylation sites (N-methyl/N-ethyl adjacent to an activating group) is 2. The molecule has 284 valence electrons. The molecule has 0 radical (unpaired) electrons. The first-order valence-electron chi connectivity index (χ1n) is 17.9. The fourth-order valence-electron chi connectivity index (χ4n) is 6.92. The topological polar surface area (TPSA) is 229 Å². The molecule has 2 atom stereocenters. The van der Waals surface area contributed by atoms with Crippen molar-refractivity contribution in [2.75, 3.05) is 27.2 Å². The molecule has 6 heterocycles. The summed E-state index contributed by atoms with van der Waals surface area (Å²) in [4.78, 5) is 59.2. The Balaban J connectivity index is 0.000000172. The van der Waals surface area contributed by atoms with Crippen molar-refractivity contribution >= 4 is 34.5 Å². The third-order valence-corrected chi connectivity index (χ3v) is 10.0. The molecule has 0 spiro atoms. The third kappa shape index (κ3) is 7.06. The Hall–Kier alpha value is -6.88. The van der Waals surface area contributed by atoms with Crippen molar-refractivity contribution in [1.29, 1.82) is 0 Å². The first-order chi connectivity index (χ1) is 26.8. The highest BCUT2D eigenvalue weighted by molar-refractivity contribution is 6.04. The van der Waals surface area contributed by atoms with Gasteiger partial charge in [-0.05, 0) is 56.0 Å². The van der Waals surface area contributed by atoms with E-state index in [0.29, 0.717) is 52.4 Å². The molecule has 4 aromatic heterocycles. The molecule has 56 heavy (non-hydrogen) atoms. The number of amides is 4. The maximum atomic E-state index is 12.1. The highest BCUT2D eigenvalue weighted by atomic mass is 16.3. The van der Waals surface area contributed by atoms with Crippen LogP contribution in [-0.2, 0) is 22.4 Å². The first-order valence-corrected chi connectivity index (χ1v) is 17.9. The predicted molar refractivity (Wildman–Crippen MR) is 202 cm³/mol. The van der Waals surface area contributed by atoms with E-state index in [2.05, 4.69) is 43.8 Å². The van der Waals surface area contributed by atoms with Crippen molar-refractivity contribution in [3.05, 3.63) is 94.7 Å². The van der Waals surface area contributed by atoms with Gasteiger partial charge in [-0.2, -0.15) is 10.2 Å². The number of fused-ring (bicyclic) bond motifs is 2. The van der Waals surface area contributed by atoms with Gasteiger partial charge in [-0.3, -0.25) is 19.2 Å². The zero-order valence-electron chi connectivity index (χ0n) is 30.7. The van der Waals surface area contributed by atoms with E-state index in [-0.39, 0.29) is 24.4 Å². The number of benzene rings is 1. The summed E-state index contributed by atoms with van der Waals surface area (Å²) in [6.07, 6.45) is 7.27. The van der Waals surface area contributed by atoms with Crippen LogP contribution in [0.25, 0.3) is 22.5 Å². The monoisotopic (exact) mass is 754 g/mol. The average Bonchev–Trinajstić information content (AvgIpc) is 3.93. The molecular formula is C40H38N10O6. The molecule has 0 unspecified atom stereocenters. The van der Waals surface area contributed by atoms with Gasteiger partial charge in [-0.1, -0.05) is 41.9 Å². The second-order valence-corrected chi connectivity index (χ2v) is 13.9. The van der Waals surface area contributed by atoms with Gasteiger partial charge in [-0.15, -0.1) is 0 Å². The number of aliphatic hydroxyl groups is 2. The number of nitrogens with two attached hydrogens (primary N) is 2. The molecular weight excluding hydrogens is 717 g/mol. The summed E-state index contributed by atoms with van der Waals surface area (Å²) in [5.74, 6) is 10.1. The van der Waals surface area contributed by atoms with Crippen LogP contribution in [-0.4, -0.2) is 112 Å². The molecule has 1 aromatic carbocycles. The van der Waals surface area contributed by atoms with E-state index < -0.39 is 28.9 Å².